The van der Waals surface area contributed by atoms with E-state index >= 15 is 8.42 Å². The van der Waals surface area contributed by atoms with Crippen molar-refractivity contribution in [3.8, 4) is 22.3 Å². The van der Waals surface area contributed by atoms with Crippen molar-refractivity contribution < 1.29 is 8.42 Å². The van der Waals surface area contributed by atoms with Crippen molar-refractivity contribution in [3.63, 3.8) is 0 Å². The first-order valence-corrected chi connectivity index (χ1v) is 18.7. The number of hydrogen-bond acceptors (Lipinski definition) is 2. The highest BCUT2D eigenvalue weighted by molar-refractivity contribution is 7.91. The molecule has 0 spiro atoms. The molecule has 0 bridgehead atoms. The summed E-state index contributed by atoms with van der Waals surface area (Å²) in [6.07, 6.45) is 0. The van der Waals surface area contributed by atoms with E-state index in [1.54, 1.807) is 0 Å². The maximum absolute atomic E-state index is 15.5. The largest absolute Gasteiger partial charge is 0.218 e. The Balaban J connectivity index is 1.72. The van der Waals surface area contributed by atoms with Crippen LogP contribution in [0.4, 0.5) is 0 Å². The zero-order chi connectivity index (χ0) is 35.4. The van der Waals surface area contributed by atoms with Crippen molar-refractivity contribution in [3.05, 3.63) is 100 Å². The van der Waals surface area contributed by atoms with Gasteiger partial charge in [-0.2, -0.15) is 0 Å². The van der Waals surface area contributed by atoms with Gasteiger partial charge in [-0.05, 0) is 219 Å². The monoisotopic (exact) mass is 646 g/mol. The van der Waals surface area contributed by atoms with Crippen molar-refractivity contribution in [2.45, 2.75) is 145 Å². The summed E-state index contributed by atoms with van der Waals surface area (Å²) in [6, 6.07) is 0. The van der Waals surface area contributed by atoms with E-state index in [2.05, 4.69) is 111 Å². The number of benzene rings is 4. The standard InChI is InChI=1S/C44H54O2S/c1-19-21(3)27(9)37-33(23(19)5)35-25(7)29(11)41(31(13)39(35)43(37,15)16)47(45,46)42-30(12)26(8)36-34-24(6)20(2)22(4)28(10)38(34)44(17,18)40(36)32(42)14/h1-18H3. The molecular weight excluding hydrogens is 593 g/mol. The summed E-state index contributed by atoms with van der Waals surface area (Å²) in [6.45, 7) is 39.6. The molecule has 2 nitrogen and oxygen atoms in total. The fourth-order valence-electron chi connectivity index (χ4n) is 10.4. The van der Waals surface area contributed by atoms with Gasteiger partial charge in [0.05, 0.1) is 9.79 Å². The smallest absolute Gasteiger partial charge is 0.207 e. The Morgan fingerprint density at radius 2 is 0.511 bits per heavy atom. The van der Waals surface area contributed by atoms with Gasteiger partial charge < -0.3 is 0 Å². The molecule has 0 radical (unpaired) electrons. The number of sulfone groups is 1. The molecule has 0 aliphatic heterocycles. The molecule has 0 heterocycles. The summed E-state index contributed by atoms with van der Waals surface area (Å²) in [5, 5.41) is 0. The van der Waals surface area contributed by atoms with Gasteiger partial charge in [0.15, 0.2) is 0 Å². The Bertz CT molecular complexity index is 2120. The minimum Gasteiger partial charge on any atom is -0.218 e. The normalized spacial score (nSPS) is 15.5. The lowest BCUT2D eigenvalue weighted by atomic mass is 9.76. The van der Waals surface area contributed by atoms with Gasteiger partial charge in [-0.25, -0.2) is 8.42 Å². The third kappa shape index (κ3) is 3.81. The first kappa shape index (κ1) is 33.7. The summed E-state index contributed by atoms with van der Waals surface area (Å²) in [5.41, 5.74) is 25.8. The van der Waals surface area contributed by atoms with Gasteiger partial charge in [0, 0.05) is 10.8 Å². The van der Waals surface area contributed by atoms with E-state index in [0.717, 1.165) is 33.4 Å². The average Bonchev–Trinajstić information content (AvgIpc) is 3.38. The van der Waals surface area contributed by atoms with Crippen LogP contribution in [0.3, 0.4) is 0 Å². The van der Waals surface area contributed by atoms with E-state index in [-0.39, 0.29) is 10.8 Å². The van der Waals surface area contributed by atoms with Crippen LogP contribution < -0.4 is 0 Å². The molecule has 0 aromatic heterocycles. The molecule has 0 N–H and O–H groups in total. The molecule has 2 aliphatic rings. The molecule has 4 aromatic rings. The van der Waals surface area contributed by atoms with Gasteiger partial charge in [0.1, 0.15) is 0 Å². The maximum Gasteiger partial charge on any atom is 0.207 e. The first-order valence-electron chi connectivity index (χ1n) is 17.2. The van der Waals surface area contributed by atoms with E-state index in [1.807, 2.05) is 13.8 Å². The van der Waals surface area contributed by atoms with Crippen LogP contribution in [0.25, 0.3) is 22.3 Å². The van der Waals surface area contributed by atoms with Crippen LogP contribution in [0.5, 0.6) is 0 Å². The highest BCUT2D eigenvalue weighted by Crippen LogP contribution is 2.59. The number of hydrogen-bond donors (Lipinski definition) is 0. The van der Waals surface area contributed by atoms with E-state index in [1.165, 1.54) is 89.0 Å². The van der Waals surface area contributed by atoms with E-state index in [4.69, 9.17) is 0 Å². The lowest BCUT2D eigenvalue weighted by molar-refractivity contribution is 0.590. The highest BCUT2D eigenvalue weighted by Gasteiger charge is 2.46. The topological polar surface area (TPSA) is 34.1 Å². The summed E-state index contributed by atoms with van der Waals surface area (Å²) in [7, 11) is -3.90. The van der Waals surface area contributed by atoms with E-state index < -0.39 is 9.84 Å². The number of rotatable bonds is 2. The molecule has 4 aromatic carbocycles. The molecule has 0 unspecified atom stereocenters. The molecule has 47 heavy (non-hydrogen) atoms. The SMILES string of the molecule is Cc1c(C)c(C)c2c(c1C)-c1c(C)c(C)c(S(=O)(=O)c3c(C)c(C)c4c(c3C)C(C)(C)c3c(C)c(C)c(C)c(C)c3-4)c(C)c1C2(C)C. The average molecular weight is 647 g/mol. The van der Waals surface area contributed by atoms with Crippen LogP contribution in [0.1, 0.15) is 128 Å². The zero-order valence-electron chi connectivity index (χ0n) is 32.2. The molecule has 0 fully saturated rings. The third-order valence-corrected chi connectivity index (χ3v) is 15.7. The second kappa shape index (κ2) is 9.94. The van der Waals surface area contributed by atoms with Crippen molar-refractivity contribution >= 4 is 9.84 Å². The van der Waals surface area contributed by atoms with Crippen LogP contribution in [-0.4, -0.2) is 8.42 Å². The Kier molecular flexibility index (Phi) is 7.13. The first-order chi connectivity index (χ1) is 21.5. The Morgan fingerprint density at radius 1 is 0.298 bits per heavy atom. The molecule has 3 heteroatoms. The van der Waals surface area contributed by atoms with E-state index in [9.17, 15) is 0 Å². The lowest BCUT2D eigenvalue weighted by Gasteiger charge is -2.30. The van der Waals surface area contributed by atoms with Crippen LogP contribution in [0, 0.1) is 96.9 Å². The Morgan fingerprint density at radius 3 is 0.787 bits per heavy atom. The summed E-state index contributed by atoms with van der Waals surface area (Å²) < 4.78 is 30.9. The summed E-state index contributed by atoms with van der Waals surface area (Å²) in [4.78, 5) is 0.993. The minimum absolute atomic E-state index is 0.322. The van der Waals surface area contributed by atoms with Crippen LogP contribution in [0.15, 0.2) is 9.79 Å². The predicted molar refractivity (Wildman–Crippen MR) is 200 cm³/mol. The predicted octanol–water partition coefficient (Wildman–Crippen LogP) is 11.4. The quantitative estimate of drug-likeness (QED) is 0.217. The molecule has 0 saturated carbocycles. The Hall–Kier alpha value is -3.17. The molecule has 0 saturated heterocycles. The molecule has 0 amide bonds. The summed E-state index contributed by atoms with van der Waals surface area (Å²) >= 11 is 0. The Labute approximate surface area is 285 Å². The second-order valence-electron chi connectivity index (χ2n) is 16.2. The van der Waals surface area contributed by atoms with Gasteiger partial charge in [0.2, 0.25) is 9.84 Å². The molecule has 6 rings (SSSR count). The van der Waals surface area contributed by atoms with E-state index in [0.29, 0.717) is 9.79 Å². The van der Waals surface area contributed by atoms with Crippen molar-refractivity contribution in [2.75, 3.05) is 0 Å². The maximum atomic E-state index is 15.5. The molecule has 2 aliphatic carbocycles. The second-order valence-corrected chi connectivity index (χ2v) is 18.0. The fourth-order valence-corrected chi connectivity index (χ4v) is 12.7. The molecule has 248 valence electrons. The fraction of sp³-hybridized carbons (Fsp3) is 0.455. The van der Waals surface area contributed by atoms with Gasteiger partial charge in [-0.3, -0.25) is 0 Å². The van der Waals surface area contributed by atoms with Crippen molar-refractivity contribution in [1.29, 1.82) is 0 Å². The van der Waals surface area contributed by atoms with Gasteiger partial charge in [-0.1, -0.05) is 27.7 Å². The van der Waals surface area contributed by atoms with Crippen molar-refractivity contribution in [1.82, 2.24) is 0 Å². The lowest BCUT2D eigenvalue weighted by Crippen LogP contribution is -2.23. The zero-order valence-corrected chi connectivity index (χ0v) is 33.0. The molecule has 0 atom stereocenters. The minimum atomic E-state index is -3.90. The molecular formula is C44H54O2S. The third-order valence-electron chi connectivity index (χ3n) is 13.4. The summed E-state index contributed by atoms with van der Waals surface area (Å²) in [5.74, 6) is 0. The highest BCUT2D eigenvalue weighted by atomic mass is 32.2. The van der Waals surface area contributed by atoms with Gasteiger partial charge in [-0.15, -0.1) is 0 Å². The van der Waals surface area contributed by atoms with Gasteiger partial charge in [0.25, 0.3) is 0 Å². The van der Waals surface area contributed by atoms with Crippen LogP contribution in [0.2, 0.25) is 0 Å². The van der Waals surface area contributed by atoms with Gasteiger partial charge >= 0.3 is 0 Å². The van der Waals surface area contributed by atoms with Crippen LogP contribution >= 0.6 is 0 Å². The van der Waals surface area contributed by atoms with Crippen molar-refractivity contribution in [2.24, 2.45) is 0 Å². The number of fused-ring (bicyclic) bond motifs is 6. The van der Waals surface area contributed by atoms with Crippen LogP contribution in [-0.2, 0) is 20.7 Å².